The van der Waals surface area contributed by atoms with Gasteiger partial charge in [-0.2, -0.15) is 0 Å². The molecule has 0 aliphatic carbocycles. The van der Waals surface area contributed by atoms with Gasteiger partial charge in [0.25, 0.3) is 0 Å². The van der Waals surface area contributed by atoms with E-state index in [0.29, 0.717) is 12.2 Å². The molecule has 7 nitrogen and oxygen atoms in total. The molecule has 0 saturated carbocycles. The van der Waals surface area contributed by atoms with Crippen LogP contribution in [0.25, 0.3) is 0 Å². The number of rotatable bonds is 7. The monoisotopic (exact) mass is 377 g/mol. The lowest BCUT2D eigenvalue weighted by atomic mass is 10.1. The molecule has 1 aromatic carbocycles. The van der Waals surface area contributed by atoms with E-state index in [1.807, 2.05) is 78.7 Å². The third-order valence-corrected chi connectivity index (χ3v) is 3.88. The topological polar surface area (TPSA) is 76.7 Å². The van der Waals surface area contributed by atoms with Crippen molar-refractivity contribution in [2.75, 3.05) is 24.3 Å². The van der Waals surface area contributed by atoms with Crippen LogP contribution in [0.15, 0.2) is 18.2 Å². The van der Waals surface area contributed by atoms with Crippen LogP contribution in [0.5, 0.6) is 0 Å². The minimum atomic E-state index is -0.244. The van der Waals surface area contributed by atoms with E-state index in [2.05, 4.69) is 16.0 Å². The minimum Gasteiger partial charge on any atom is -0.377 e. The van der Waals surface area contributed by atoms with Crippen molar-refractivity contribution in [2.24, 2.45) is 0 Å². The van der Waals surface area contributed by atoms with Crippen molar-refractivity contribution in [3.63, 3.8) is 0 Å². The summed E-state index contributed by atoms with van der Waals surface area (Å²) in [6.45, 7) is 12.1. The van der Waals surface area contributed by atoms with Gasteiger partial charge >= 0.3 is 12.1 Å². The number of hydrogen-bond acceptors (Lipinski definition) is 3. The van der Waals surface area contributed by atoms with Crippen LogP contribution in [0.3, 0.4) is 0 Å². The molecule has 0 bridgehead atoms. The number of urea groups is 2. The molecule has 27 heavy (non-hydrogen) atoms. The maximum atomic E-state index is 12.6. The molecule has 0 fully saturated rings. The Morgan fingerprint density at radius 3 is 2.04 bits per heavy atom. The van der Waals surface area contributed by atoms with E-state index in [1.54, 1.807) is 4.90 Å². The number of nitrogens with one attached hydrogen (secondary N) is 3. The Hall–Kier alpha value is -2.44. The second kappa shape index (κ2) is 10.0. The van der Waals surface area contributed by atoms with Gasteiger partial charge in [-0.3, -0.25) is 0 Å². The van der Waals surface area contributed by atoms with Crippen molar-refractivity contribution in [1.82, 2.24) is 15.5 Å². The van der Waals surface area contributed by atoms with Crippen molar-refractivity contribution < 1.29 is 9.59 Å². The number of carbonyl (C=O) groups is 2. The normalized spacial score (nSPS) is 10.9. The molecular weight excluding hydrogens is 342 g/mol. The number of benzene rings is 1. The Morgan fingerprint density at radius 2 is 1.56 bits per heavy atom. The fourth-order valence-corrected chi connectivity index (χ4v) is 2.66. The minimum absolute atomic E-state index is 0.0413. The molecule has 0 spiro atoms. The van der Waals surface area contributed by atoms with Crippen LogP contribution in [0, 0.1) is 0 Å². The molecule has 0 aromatic heterocycles. The molecular formula is C20H35N5O2. The second-order valence-electron chi connectivity index (χ2n) is 7.82. The summed E-state index contributed by atoms with van der Waals surface area (Å²) in [4.78, 5) is 28.4. The molecule has 0 heterocycles. The first-order valence-corrected chi connectivity index (χ1v) is 9.46. The SMILES string of the molecule is CC(C)NC(=O)Nc1ccc(N(C)C)c(CN(C(=O)NC(C)C)C(C)C)c1. The van der Waals surface area contributed by atoms with E-state index in [9.17, 15) is 9.59 Å². The first kappa shape index (κ1) is 22.6. The molecule has 1 rings (SSSR count). The highest BCUT2D eigenvalue weighted by Crippen LogP contribution is 2.25. The van der Waals surface area contributed by atoms with Crippen molar-refractivity contribution in [3.05, 3.63) is 23.8 Å². The van der Waals surface area contributed by atoms with Gasteiger partial charge in [0, 0.05) is 50.1 Å². The maximum absolute atomic E-state index is 12.6. The number of carbonyl (C=O) groups excluding carboxylic acids is 2. The van der Waals surface area contributed by atoms with Crippen molar-refractivity contribution >= 4 is 23.4 Å². The first-order valence-electron chi connectivity index (χ1n) is 9.46. The standard InChI is InChI=1S/C20H35N5O2/c1-13(2)21-19(26)23-17-9-10-18(24(7)8)16(11-17)12-25(15(5)6)20(27)22-14(3)4/h9-11,13-15H,12H2,1-8H3,(H,22,27)(H2,21,23,26). The van der Waals surface area contributed by atoms with Gasteiger partial charge in [0.05, 0.1) is 0 Å². The first-order chi connectivity index (χ1) is 12.5. The molecule has 0 aliphatic rings. The predicted molar refractivity (Wildman–Crippen MR) is 112 cm³/mol. The van der Waals surface area contributed by atoms with Crippen LogP contribution in [0.2, 0.25) is 0 Å². The lowest BCUT2D eigenvalue weighted by molar-refractivity contribution is 0.177. The molecule has 152 valence electrons. The molecule has 0 unspecified atom stereocenters. The van der Waals surface area contributed by atoms with Gasteiger partial charge in [-0.25, -0.2) is 9.59 Å². The highest BCUT2D eigenvalue weighted by molar-refractivity contribution is 5.90. The van der Waals surface area contributed by atoms with Crippen LogP contribution in [-0.2, 0) is 6.54 Å². The molecule has 4 amide bonds. The smallest absolute Gasteiger partial charge is 0.319 e. The molecule has 7 heteroatoms. The number of anilines is 2. The summed E-state index contributed by atoms with van der Waals surface area (Å²) in [6, 6.07) is 5.58. The van der Waals surface area contributed by atoms with Gasteiger partial charge in [-0.05, 0) is 65.3 Å². The van der Waals surface area contributed by atoms with Crippen LogP contribution in [0.1, 0.15) is 47.1 Å². The van der Waals surface area contributed by atoms with Crippen LogP contribution >= 0.6 is 0 Å². The fraction of sp³-hybridized carbons (Fsp3) is 0.600. The van der Waals surface area contributed by atoms with Gasteiger partial charge in [0.2, 0.25) is 0 Å². The third-order valence-electron chi connectivity index (χ3n) is 3.88. The highest BCUT2D eigenvalue weighted by atomic mass is 16.2. The Labute approximate surface area is 163 Å². The Balaban J connectivity index is 3.11. The zero-order valence-electron chi connectivity index (χ0n) is 17.9. The zero-order chi connectivity index (χ0) is 20.7. The van der Waals surface area contributed by atoms with E-state index in [0.717, 1.165) is 11.3 Å². The molecule has 3 N–H and O–H groups in total. The number of hydrogen-bond donors (Lipinski definition) is 3. The molecule has 0 radical (unpaired) electrons. The fourth-order valence-electron chi connectivity index (χ4n) is 2.66. The summed E-state index contributed by atoms with van der Waals surface area (Å²) < 4.78 is 0. The van der Waals surface area contributed by atoms with Crippen molar-refractivity contribution in [3.8, 4) is 0 Å². The van der Waals surface area contributed by atoms with Gasteiger partial charge in [-0.1, -0.05) is 0 Å². The largest absolute Gasteiger partial charge is 0.377 e. The highest BCUT2D eigenvalue weighted by Gasteiger charge is 2.20. The van der Waals surface area contributed by atoms with E-state index in [-0.39, 0.29) is 30.2 Å². The molecule has 0 aliphatic heterocycles. The second-order valence-corrected chi connectivity index (χ2v) is 7.82. The van der Waals surface area contributed by atoms with Gasteiger partial charge < -0.3 is 25.8 Å². The molecule has 0 saturated heterocycles. The summed E-state index contributed by atoms with van der Waals surface area (Å²) in [5.74, 6) is 0. The van der Waals surface area contributed by atoms with Crippen molar-refractivity contribution in [2.45, 2.75) is 66.2 Å². The van der Waals surface area contributed by atoms with E-state index >= 15 is 0 Å². The van der Waals surface area contributed by atoms with E-state index in [1.165, 1.54) is 0 Å². The van der Waals surface area contributed by atoms with Gasteiger partial charge in [0.15, 0.2) is 0 Å². The molecule has 1 aromatic rings. The number of nitrogens with zero attached hydrogens (tertiary/aromatic N) is 2. The Kier molecular flexibility index (Phi) is 8.40. The quantitative estimate of drug-likeness (QED) is 0.679. The van der Waals surface area contributed by atoms with Gasteiger partial charge in [-0.15, -0.1) is 0 Å². The lowest BCUT2D eigenvalue weighted by Gasteiger charge is -2.30. The number of amides is 4. The van der Waals surface area contributed by atoms with Crippen LogP contribution < -0.4 is 20.9 Å². The summed E-state index contributed by atoms with van der Waals surface area (Å²) in [5, 5.41) is 8.62. The lowest BCUT2D eigenvalue weighted by Crippen LogP contribution is -2.46. The maximum Gasteiger partial charge on any atom is 0.319 e. The molecule has 0 atom stereocenters. The summed E-state index contributed by atoms with van der Waals surface area (Å²) >= 11 is 0. The summed E-state index contributed by atoms with van der Waals surface area (Å²) in [7, 11) is 3.93. The summed E-state index contributed by atoms with van der Waals surface area (Å²) in [6.07, 6.45) is 0. The van der Waals surface area contributed by atoms with Crippen LogP contribution in [-0.4, -0.2) is 49.2 Å². The van der Waals surface area contributed by atoms with E-state index < -0.39 is 0 Å². The third kappa shape index (κ3) is 7.37. The zero-order valence-corrected chi connectivity index (χ0v) is 17.9. The van der Waals surface area contributed by atoms with Crippen LogP contribution in [0.4, 0.5) is 21.0 Å². The Bertz CT molecular complexity index is 641. The van der Waals surface area contributed by atoms with Crippen molar-refractivity contribution in [1.29, 1.82) is 0 Å². The van der Waals surface area contributed by atoms with E-state index in [4.69, 9.17) is 0 Å². The average molecular weight is 378 g/mol. The average Bonchev–Trinajstić information content (AvgIpc) is 2.50. The summed E-state index contributed by atoms with van der Waals surface area (Å²) in [5.41, 5.74) is 2.67. The predicted octanol–water partition coefficient (Wildman–Crippen LogP) is 3.61. The van der Waals surface area contributed by atoms with Gasteiger partial charge in [0.1, 0.15) is 0 Å². The Morgan fingerprint density at radius 1 is 0.963 bits per heavy atom.